The first-order valence-corrected chi connectivity index (χ1v) is 32.3. The first-order valence-electron chi connectivity index (χ1n) is 28.4. The van der Waals surface area contributed by atoms with Crippen LogP contribution in [0.15, 0.2) is 287 Å². The van der Waals surface area contributed by atoms with Crippen LogP contribution in [0.1, 0.15) is 56.3 Å². The highest BCUT2D eigenvalue weighted by Gasteiger charge is 2.59. The summed E-state index contributed by atoms with van der Waals surface area (Å²) >= 11 is 12.5. The average molecular weight is 1250 g/mol. The van der Waals surface area contributed by atoms with Crippen molar-refractivity contribution in [2.45, 2.75) is 37.6 Å². The smallest absolute Gasteiger partial charge is 0.326 e. The van der Waals surface area contributed by atoms with Crippen molar-refractivity contribution in [3.63, 3.8) is 0 Å². The fraction of sp³-hybridized carbons (Fsp3) is 0.111. The first-order chi connectivity index (χ1) is 43.1. The van der Waals surface area contributed by atoms with E-state index in [1.165, 1.54) is 34.9 Å². The van der Waals surface area contributed by atoms with E-state index in [1.54, 1.807) is 17.0 Å². The van der Waals surface area contributed by atoms with Gasteiger partial charge in [0.15, 0.2) is 22.4 Å². The van der Waals surface area contributed by atoms with Crippen LogP contribution >= 0.6 is 57.8 Å². The van der Waals surface area contributed by atoms with Crippen molar-refractivity contribution in [2.24, 2.45) is 5.16 Å². The molecule has 11 aromatic rings. The van der Waals surface area contributed by atoms with Gasteiger partial charge in [-0.25, -0.2) is 4.98 Å². The number of thioether (sulfide) groups is 2. The minimum absolute atomic E-state index is 0.0108. The van der Waals surface area contributed by atoms with E-state index in [2.05, 4.69) is 47.0 Å². The number of ether oxygens (including phenoxy) is 1. The van der Waals surface area contributed by atoms with Gasteiger partial charge in [-0.3, -0.25) is 19.2 Å². The molecule has 0 spiro atoms. The lowest BCUT2D eigenvalue weighted by Crippen LogP contribution is -2.75. The van der Waals surface area contributed by atoms with E-state index in [0.717, 1.165) is 60.5 Å². The number of fused-ring (bicyclic) bond motifs is 2. The summed E-state index contributed by atoms with van der Waals surface area (Å²) in [7, 11) is 0. The van der Waals surface area contributed by atoms with Gasteiger partial charge in [-0.1, -0.05) is 295 Å². The Kier molecular flexibility index (Phi) is 16.7. The standard InChI is InChI=1S/C72H54ClN5O6S4/c73-64-60(75-69(87-64)76-71(50-31-13-3-14-32-50,51-33-15-4-16-34-51)52-35-17-5-18-36-52)61(77-84-72(53-37-19-6-20-38-53,54-39-21-7-22-40-54)55-41-23-8-24-42-55)65(80)74-62-66(81)78-46-70(47-85-67(62)78,88-59-45-57(79)56-43-25-26-44-58(56)86-59)68(82)83-63(48-27-9-1-10-28-48)49-29-11-2-12-30-49/h1-45,62-63,67H,46-47H2,(H,74,80)(H,75,76)/t62?,67-,70?/m1/s1. The largest absolute Gasteiger partial charge is 0.451 e. The Balaban J connectivity index is 0.882. The van der Waals surface area contributed by atoms with Gasteiger partial charge in [-0.05, 0) is 39.9 Å². The highest BCUT2D eigenvalue weighted by atomic mass is 35.5. The van der Waals surface area contributed by atoms with Gasteiger partial charge in [-0.2, -0.15) is 0 Å². The van der Waals surface area contributed by atoms with Crippen molar-refractivity contribution in [3.05, 3.63) is 338 Å². The molecule has 2 aliphatic rings. The van der Waals surface area contributed by atoms with Crippen molar-refractivity contribution in [1.29, 1.82) is 0 Å². The molecular formula is C72H54ClN5O6S4. The highest BCUT2D eigenvalue weighted by Crippen LogP contribution is 2.50. The van der Waals surface area contributed by atoms with Gasteiger partial charge >= 0.3 is 5.97 Å². The van der Waals surface area contributed by atoms with Crippen molar-refractivity contribution in [3.8, 4) is 0 Å². The van der Waals surface area contributed by atoms with Crippen molar-refractivity contribution < 1.29 is 24.0 Å². The number of halogens is 1. The van der Waals surface area contributed by atoms with E-state index in [9.17, 15) is 4.79 Å². The topological polar surface area (TPSA) is 139 Å². The van der Waals surface area contributed by atoms with Crippen LogP contribution in [-0.2, 0) is 35.1 Å². The minimum Gasteiger partial charge on any atom is -0.451 e. The third-order valence-corrected chi connectivity index (χ3v) is 21.2. The maximum Gasteiger partial charge on any atom is 0.326 e. The van der Waals surface area contributed by atoms with E-state index in [1.807, 2.05) is 224 Å². The highest BCUT2D eigenvalue weighted by molar-refractivity contribution is 8.06. The minimum atomic E-state index is -1.43. The van der Waals surface area contributed by atoms with Crippen LogP contribution in [-0.4, -0.2) is 61.8 Å². The normalized spacial score (nSPS) is 16.7. The number of β-lactam (4-membered cyclic amide) rings is 1. The van der Waals surface area contributed by atoms with Crippen LogP contribution in [0.2, 0.25) is 4.34 Å². The molecule has 2 fully saturated rings. The Labute approximate surface area is 530 Å². The molecule has 9 aromatic carbocycles. The predicted molar refractivity (Wildman–Crippen MR) is 354 cm³/mol. The molecule has 4 heterocycles. The van der Waals surface area contributed by atoms with E-state index in [4.69, 9.17) is 31.3 Å². The zero-order valence-corrected chi connectivity index (χ0v) is 51.0. The fourth-order valence-electron chi connectivity index (χ4n) is 11.5. The van der Waals surface area contributed by atoms with Gasteiger partial charge in [0.25, 0.3) is 5.91 Å². The number of hydrogen-bond acceptors (Lipinski definition) is 13. The Morgan fingerprint density at radius 3 is 1.57 bits per heavy atom. The molecule has 434 valence electrons. The summed E-state index contributed by atoms with van der Waals surface area (Å²) < 4.78 is 6.71. The van der Waals surface area contributed by atoms with Gasteiger partial charge in [0, 0.05) is 45.1 Å². The second-order valence-electron chi connectivity index (χ2n) is 21.2. The molecule has 3 atom stereocenters. The number of rotatable bonds is 19. The molecule has 2 saturated heterocycles. The number of carbonyl (C=O) groups excluding carboxylic acids is 3. The molecule has 0 bridgehead atoms. The lowest BCUT2D eigenvalue weighted by Gasteiger charge is -2.53. The van der Waals surface area contributed by atoms with Crippen molar-refractivity contribution in [1.82, 2.24) is 15.2 Å². The van der Waals surface area contributed by atoms with Crippen LogP contribution in [0.25, 0.3) is 10.1 Å². The zero-order valence-electron chi connectivity index (χ0n) is 46.9. The Morgan fingerprint density at radius 2 is 1.07 bits per heavy atom. The quantitative estimate of drug-likeness (QED) is 0.0264. The molecule has 16 heteroatoms. The number of oxime groups is 1. The number of aromatic nitrogens is 1. The summed E-state index contributed by atoms with van der Waals surface area (Å²) in [6.45, 7) is -0.0832. The number of nitrogens with one attached hydrogen (secondary N) is 2. The number of carbonyl (C=O) groups is 3. The lowest BCUT2D eigenvalue weighted by molar-refractivity contribution is -0.155. The summed E-state index contributed by atoms with van der Waals surface area (Å²) in [4.78, 5) is 73.5. The van der Waals surface area contributed by atoms with Gasteiger partial charge in [0.05, 0.1) is 4.21 Å². The van der Waals surface area contributed by atoms with E-state index >= 15 is 14.4 Å². The summed E-state index contributed by atoms with van der Waals surface area (Å²) in [5, 5.41) is 12.1. The Morgan fingerprint density at radius 1 is 0.614 bits per heavy atom. The van der Waals surface area contributed by atoms with E-state index in [0.29, 0.717) is 14.7 Å². The monoisotopic (exact) mass is 1250 g/mol. The van der Waals surface area contributed by atoms with Gasteiger partial charge in [-0.15, -0.1) is 23.1 Å². The van der Waals surface area contributed by atoms with E-state index < -0.39 is 51.2 Å². The second kappa shape index (κ2) is 25.3. The van der Waals surface area contributed by atoms with Gasteiger partial charge in [0.1, 0.15) is 31.7 Å². The van der Waals surface area contributed by atoms with Gasteiger partial charge in [0.2, 0.25) is 11.5 Å². The van der Waals surface area contributed by atoms with Crippen LogP contribution < -0.4 is 16.1 Å². The number of thiazole rings is 1. The molecule has 2 aliphatic heterocycles. The molecule has 2 aromatic heterocycles. The van der Waals surface area contributed by atoms with Gasteiger partial charge < -0.3 is 25.1 Å². The molecule has 13 rings (SSSR count). The fourth-order valence-corrected chi connectivity index (χ4v) is 17.1. The summed E-state index contributed by atoms with van der Waals surface area (Å²) in [5.74, 6) is -1.62. The molecule has 2 unspecified atom stereocenters. The third kappa shape index (κ3) is 11.2. The van der Waals surface area contributed by atoms with Crippen molar-refractivity contribution in [2.75, 3.05) is 17.6 Å². The number of benzene rings is 9. The van der Waals surface area contributed by atoms with Crippen LogP contribution in [0, 0.1) is 0 Å². The predicted octanol–water partition coefficient (Wildman–Crippen LogP) is 14.8. The number of esters is 1. The molecule has 88 heavy (non-hydrogen) atoms. The van der Waals surface area contributed by atoms with Crippen molar-refractivity contribution >= 4 is 96.5 Å². The molecule has 11 nitrogen and oxygen atoms in total. The number of anilines is 1. The Bertz CT molecular complexity index is 4130. The molecule has 0 radical (unpaired) electrons. The summed E-state index contributed by atoms with van der Waals surface area (Å²) in [6.07, 6.45) is -0.784. The van der Waals surface area contributed by atoms with Crippen LogP contribution in [0.5, 0.6) is 0 Å². The summed E-state index contributed by atoms with van der Waals surface area (Å²) in [6, 6.07) is 86.0. The molecule has 2 N–H and O–H groups in total. The molecule has 0 saturated carbocycles. The average Bonchev–Trinajstić information content (AvgIpc) is 1.36. The lowest BCUT2D eigenvalue weighted by atomic mass is 9.77. The molecular weight excluding hydrogens is 1190 g/mol. The van der Waals surface area contributed by atoms with E-state index in [-0.39, 0.29) is 33.5 Å². The SMILES string of the molecule is O=C(NC1C(=O)N2CC(Sc3cc(=O)c4ccccc4s3)(C(=O)OC(c3ccccc3)c3ccccc3)CS[C@H]12)C(=NOC(c1ccccc1)(c1ccccc1)c1ccccc1)c1nc(NC(c2ccccc2)(c2ccccc2)c2ccccc2)sc1Cl. The zero-order chi connectivity index (χ0) is 60.1. The maximum absolute atomic E-state index is 15.7. The Hall–Kier alpha value is -9.09. The number of hydrogen-bond donors (Lipinski definition) is 2. The molecule has 2 amide bonds. The van der Waals surface area contributed by atoms with Crippen LogP contribution in [0.4, 0.5) is 5.13 Å². The second-order valence-corrected chi connectivity index (χ2v) is 26.6. The summed E-state index contributed by atoms with van der Waals surface area (Å²) in [5.41, 5.74) is 3.55. The molecule has 0 aliphatic carbocycles. The van der Waals surface area contributed by atoms with Crippen LogP contribution in [0.3, 0.4) is 0 Å². The third-order valence-electron chi connectivity index (χ3n) is 15.8. The number of nitrogens with zero attached hydrogens (tertiary/aromatic N) is 3. The first kappa shape index (κ1) is 58.0. The number of amides is 2. The maximum atomic E-state index is 15.7.